The van der Waals surface area contributed by atoms with Crippen molar-refractivity contribution in [1.29, 1.82) is 0 Å². The molecule has 1 heterocycles. The molecule has 1 N–H and O–H groups in total. The van der Waals surface area contributed by atoms with Gasteiger partial charge >= 0.3 is 6.18 Å². The summed E-state index contributed by atoms with van der Waals surface area (Å²) >= 11 is 1.96. The Balaban J connectivity index is 1.59. The number of hydrogen-bond acceptors (Lipinski definition) is 3. The van der Waals surface area contributed by atoms with E-state index in [2.05, 4.69) is 10.2 Å². The molecule has 1 aromatic rings. The lowest BCUT2D eigenvalue weighted by Gasteiger charge is -2.43. The van der Waals surface area contributed by atoms with Gasteiger partial charge < -0.3 is 5.32 Å². The molecule has 144 valence electrons. The van der Waals surface area contributed by atoms with Crippen molar-refractivity contribution in [3.05, 3.63) is 35.4 Å². The molecular weight excluding hydrogens is 361 g/mol. The summed E-state index contributed by atoms with van der Waals surface area (Å²) in [5.41, 5.74) is -0.280. The second-order valence-corrected chi connectivity index (χ2v) is 8.41. The van der Waals surface area contributed by atoms with E-state index in [1.807, 2.05) is 11.8 Å². The van der Waals surface area contributed by atoms with Gasteiger partial charge in [0, 0.05) is 36.7 Å². The van der Waals surface area contributed by atoms with Crippen LogP contribution in [0, 0.1) is 0 Å². The summed E-state index contributed by atoms with van der Waals surface area (Å²) in [5.74, 6) is 2.04. The zero-order valence-electron chi connectivity index (χ0n) is 14.8. The van der Waals surface area contributed by atoms with E-state index < -0.39 is 11.7 Å². The molecule has 2 fully saturated rings. The highest BCUT2D eigenvalue weighted by Crippen LogP contribution is 2.36. The van der Waals surface area contributed by atoms with Crippen LogP contribution in [0.3, 0.4) is 0 Å². The highest BCUT2D eigenvalue weighted by atomic mass is 32.2. The summed E-state index contributed by atoms with van der Waals surface area (Å²) in [5, 5.41) is 3.00. The molecule has 0 aromatic heterocycles. The summed E-state index contributed by atoms with van der Waals surface area (Å²) in [4.78, 5) is 14.9. The molecule has 1 saturated heterocycles. The van der Waals surface area contributed by atoms with Crippen LogP contribution in [0.1, 0.15) is 36.8 Å². The Morgan fingerprint density at radius 2 is 1.88 bits per heavy atom. The largest absolute Gasteiger partial charge is 0.416 e. The Hall–Kier alpha value is -1.21. The quantitative estimate of drug-likeness (QED) is 0.837. The molecule has 1 aliphatic heterocycles. The zero-order chi connectivity index (χ0) is 18.6. The maximum absolute atomic E-state index is 12.8. The van der Waals surface area contributed by atoms with E-state index in [0.717, 1.165) is 49.6 Å². The number of nitrogens with one attached hydrogen (secondary N) is 1. The number of benzene rings is 1. The number of carbonyl (C=O) groups excluding carboxylic acids is 1. The van der Waals surface area contributed by atoms with Gasteiger partial charge in [0.25, 0.3) is 0 Å². The monoisotopic (exact) mass is 386 g/mol. The fraction of sp³-hybridized carbons (Fsp3) is 0.632. The third-order valence-corrected chi connectivity index (χ3v) is 6.39. The Morgan fingerprint density at radius 1 is 1.19 bits per heavy atom. The molecule has 0 unspecified atom stereocenters. The van der Waals surface area contributed by atoms with E-state index in [1.54, 1.807) is 6.07 Å². The molecule has 1 aromatic carbocycles. The zero-order valence-corrected chi connectivity index (χ0v) is 15.6. The van der Waals surface area contributed by atoms with Gasteiger partial charge in [-0.05, 0) is 24.5 Å². The van der Waals surface area contributed by atoms with Gasteiger partial charge in [-0.2, -0.15) is 24.9 Å². The van der Waals surface area contributed by atoms with Crippen molar-refractivity contribution >= 4 is 17.7 Å². The van der Waals surface area contributed by atoms with Crippen molar-refractivity contribution in [3.63, 3.8) is 0 Å². The van der Waals surface area contributed by atoms with Gasteiger partial charge in [0.05, 0.1) is 12.0 Å². The number of nitrogens with zero attached hydrogens (tertiary/aromatic N) is 1. The van der Waals surface area contributed by atoms with Crippen LogP contribution in [0.15, 0.2) is 24.3 Å². The molecule has 1 saturated carbocycles. The third kappa shape index (κ3) is 4.74. The summed E-state index contributed by atoms with van der Waals surface area (Å²) in [6, 6.07) is 5.02. The minimum atomic E-state index is -4.38. The first-order chi connectivity index (χ1) is 12.4. The van der Waals surface area contributed by atoms with Crippen LogP contribution in [-0.4, -0.2) is 47.5 Å². The van der Waals surface area contributed by atoms with Gasteiger partial charge in [0.2, 0.25) is 5.91 Å². The maximum atomic E-state index is 12.8. The average Bonchev–Trinajstić information content (AvgIpc) is 3.11. The lowest BCUT2D eigenvalue weighted by molar-refractivity contribution is -0.137. The Labute approximate surface area is 156 Å². The van der Waals surface area contributed by atoms with Crippen molar-refractivity contribution in [2.75, 3.05) is 31.1 Å². The lowest BCUT2D eigenvalue weighted by atomic mass is 9.94. The van der Waals surface area contributed by atoms with E-state index in [1.165, 1.54) is 18.9 Å². The molecule has 3 rings (SSSR count). The van der Waals surface area contributed by atoms with E-state index in [4.69, 9.17) is 0 Å². The first-order valence-electron chi connectivity index (χ1n) is 9.15. The average molecular weight is 386 g/mol. The molecule has 7 heteroatoms. The van der Waals surface area contributed by atoms with Crippen molar-refractivity contribution in [2.45, 2.75) is 43.8 Å². The van der Waals surface area contributed by atoms with Gasteiger partial charge in [0.1, 0.15) is 0 Å². The normalized spacial score (nSPS) is 20.9. The lowest BCUT2D eigenvalue weighted by Crippen LogP contribution is -2.56. The Bertz CT molecular complexity index is 623. The van der Waals surface area contributed by atoms with Gasteiger partial charge in [-0.1, -0.05) is 31.0 Å². The van der Waals surface area contributed by atoms with E-state index in [0.29, 0.717) is 12.1 Å². The smallest absolute Gasteiger partial charge is 0.354 e. The van der Waals surface area contributed by atoms with Crippen LogP contribution in [0.4, 0.5) is 13.2 Å². The predicted molar refractivity (Wildman–Crippen MR) is 98.3 cm³/mol. The minimum Gasteiger partial charge on any atom is -0.354 e. The first-order valence-corrected chi connectivity index (χ1v) is 10.3. The molecule has 3 nitrogen and oxygen atoms in total. The highest BCUT2D eigenvalue weighted by molar-refractivity contribution is 7.99. The summed E-state index contributed by atoms with van der Waals surface area (Å²) in [6.07, 6.45) is 0.117. The number of halogens is 3. The SMILES string of the molecule is O=C(Cc1cccc(C(F)(F)F)c1)NCC1(N2CCSCC2)CCCC1. The van der Waals surface area contributed by atoms with Gasteiger partial charge in [-0.15, -0.1) is 0 Å². The minimum absolute atomic E-state index is 0.0180. The molecular formula is C19H25F3N2OS. The Morgan fingerprint density at radius 3 is 2.54 bits per heavy atom. The van der Waals surface area contributed by atoms with Crippen LogP contribution in [-0.2, 0) is 17.4 Å². The second kappa shape index (κ2) is 8.21. The molecule has 0 bridgehead atoms. The van der Waals surface area contributed by atoms with E-state index >= 15 is 0 Å². The fourth-order valence-electron chi connectivity index (χ4n) is 4.04. The molecule has 0 radical (unpaired) electrons. The molecule has 0 atom stereocenters. The van der Waals surface area contributed by atoms with Crippen LogP contribution in [0.2, 0.25) is 0 Å². The maximum Gasteiger partial charge on any atom is 0.416 e. The summed E-state index contributed by atoms with van der Waals surface area (Å²) < 4.78 is 38.4. The number of carbonyl (C=O) groups is 1. The number of thioether (sulfide) groups is 1. The molecule has 1 aliphatic carbocycles. The molecule has 0 spiro atoms. The first kappa shape index (κ1) is 19.5. The van der Waals surface area contributed by atoms with Crippen molar-refractivity contribution < 1.29 is 18.0 Å². The molecule has 26 heavy (non-hydrogen) atoms. The molecule has 1 amide bonds. The summed E-state index contributed by atoms with van der Waals surface area (Å²) in [7, 11) is 0. The summed E-state index contributed by atoms with van der Waals surface area (Å²) in [6.45, 7) is 2.69. The number of hydrogen-bond donors (Lipinski definition) is 1. The van der Waals surface area contributed by atoms with Gasteiger partial charge in [-0.3, -0.25) is 9.69 Å². The van der Waals surface area contributed by atoms with Crippen molar-refractivity contribution in [3.8, 4) is 0 Å². The van der Waals surface area contributed by atoms with Crippen LogP contribution < -0.4 is 5.32 Å². The Kier molecular flexibility index (Phi) is 6.17. The highest BCUT2D eigenvalue weighted by Gasteiger charge is 2.40. The standard InChI is InChI=1S/C19H25F3N2OS/c20-19(21,22)16-5-3-4-15(12-16)13-17(25)23-14-18(6-1-2-7-18)24-8-10-26-11-9-24/h3-5,12H,1-2,6-11,13-14H2,(H,23,25). The topological polar surface area (TPSA) is 32.3 Å². The number of amides is 1. The van der Waals surface area contributed by atoms with Crippen LogP contribution >= 0.6 is 11.8 Å². The van der Waals surface area contributed by atoms with Crippen molar-refractivity contribution in [1.82, 2.24) is 10.2 Å². The number of rotatable bonds is 5. The van der Waals surface area contributed by atoms with Gasteiger partial charge in [0.15, 0.2) is 0 Å². The van der Waals surface area contributed by atoms with Crippen molar-refractivity contribution in [2.24, 2.45) is 0 Å². The van der Waals surface area contributed by atoms with Gasteiger partial charge in [-0.25, -0.2) is 0 Å². The predicted octanol–water partition coefficient (Wildman–Crippen LogP) is 3.73. The fourth-order valence-corrected chi connectivity index (χ4v) is 4.95. The third-order valence-electron chi connectivity index (χ3n) is 5.45. The van der Waals surface area contributed by atoms with Crippen LogP contribution in [0.25, 0.3) is 0 Å². The van der Waals surface area contributed by atoms with E-state index in [-0.39, 0.29) is 17.9 Å². The van der Waals surface area contributed by atoms with Crippen LogP contribution in [0.5, 0.6) is 0 Å². The van der Waals surface area contributed by atoms with E-state index in [9.17, 15) is 18.0 Å². The second-order valence-electron chi connectivity index (χ2n) is 7.18. The number of alkyl halides is 3. The molecule has 2 aliphatic rings.